The van der Waals surface area contributed by atoms with E-state index in [4.69, 9.17) is 0 Å². The molecule has 0 spiro atoms. The normalized spacial score (nSPS) is 17.0. The van der Waals surface area contributed by atoms with Crippen LogP contribution >= 0.6 is 11.8 Å². The van der Waals surface area contributed by atoms with E-state index in [0.29, 0.717) is 4.91 Å². The summed E-state index contributed by atoms with van der Waals surface area (Å²) >= 11 is 1.43. The van der Waals surface area contributed by atoms with E-state index in [2.05, 4.69) is 11.1 Å². The van der Waals surface area contributed by atoms with Crippen LogP contribution in [-0.2, 0) is 4.79 Å². The highest BCUT2D eigenvalue weighted by molar-refractivity contribution is 8.19. The van der Waals surface area contributed by atoms with E-state index in [0.717, 1.165) is 21.7 Å². The summed E-state index contributed by atoms with van der Waals surface area (Å²) in [6, 6.07) is 19.8. The Morgan fingerprint density at radius 2 is 1.64 bits per heavy atom. The summed E-state index contributed by atoms with van der Waals surface area (Å²) < 4.78 is 0. The number of carbonyl (C=O) groups is 1. The third-order valence-electron chi connectivity index (χ3n) is 3.19. The highest BCUT2D eigenvalue weighted by atomic mass is 32.2. The lowest BCUT2D eigenvalue weighted by Crippen LogP contribution is -1.89. The highest BCUT2D eigenvalue weighted by Crippen LogP contribution is 2.31. The smallest absolute Gasteiger partial charge is 0.266 e. The van der Waals surface area contributed by atoms with Crippen molar-refractivity contribution in [2.45, 2.75) is 6.92 Å². The molecule has 2 aromatic carbocycles. The molecule has 0 saturated carbocycles. The highest BCUT2D eigenvalue weighted by Gasteiger charge is 2.22. The first-order valence-corrected chi connectivity index (χ1v) is 7.85. The van der Waals surface area contributed by atoms with Gasteiger partial charge in [0.15, 0.2) is 0 Å². The zero-order valence-corrected chi connectivity index (χ0v) is 13.0. The number of amides is 1. The van der Waals surface area contributed by atoms with Gasteiger partial charge in [0, 0.05) is 5.56 Å². The van der Waals surface area contributed by atoms with Crippen molar-refractivity contribution in [2.24, 2.45) is 4.99 Å². The van der Waals surface area contributed by atoms with Gasteiger partial charge in [0.05, 0.1) is 4.91 Å². The van der Waals surface area contributed by atoms with Crippen LogP contribution in [0, 0.1) is 0 Å². The Kier molecular flexibility index (Phi) is 4.35. The molecule has 0 bridgehead atoms. The molecule has 1 aliphatic heterocycles. The molecule has 3 rings (SSSR count). The van der Waals surface area contributed by atoms with Crippen molar-refractivity contribution in [1.29, 1.82) is 0 Å². The first-order chi connectivity index (χ1) is 10.7. The number of aliphatic imine (C=N–C) groups is 1. The molecule has 0 fully saturated rings. The van der Waals surface area contributed by atoms with Crippen molar-refractivity contribution < 1.29 is 4.79 Å². The van der Waals surface area contributed by atoms with E-state index in [-0.39, 0.29) is 5.91 Å². The second kappa shape index (κ2) is 6.58. The summed E-state index contributed by atoms with van der Waals surface area (Å²) in [6.45, 7) is 1.99. The quantitative estimate of drug-likeness (QED) is 0.770. The maximum atomic E-state index is 12.0. The number of hydrogen-bond donors (Lipinski definition) is 0. The lowest BCUT2D eigenvalue weighted by Gasteiger charge is -1.99. The summed E-state index contributed by atoms with van der Waals surface area (Å²) in [7, 11) is 0. The molecule has 22 heavy (non-hydrogen) atoms. The molecule has 3 heteroatoms. The Morgan fingerprint density at radius 3 is 2.32 bits per heavy atom. The number of thioether (sulfide) groups is 1. The molecule has 2 nitrogen and oxygen atoms in total. The number of carbonyl (C=O) groups excluding carboxylic acids is 1. The van der Waals surface area contributed by atoms with Gasteiger partial charge in [-0.2, -0.15) is 0 Å². The molecule has 0 aromatic heterocycles. The van der Waals surface area contributed by atoms with Crippen LogP contribution in [0.1, 0.15) is 18.1 Å². The first-order valence-electron chi connectivity index (χ1n) is 7.04. The van der Waals surface area contributed by atoms with E-state index in [1.165, 1.54) is 11.8 Å². The summed E-state index contributed by atoms with van der Waals surface area (Å²) in [6.07, 6.45) is 3.96. The van der Waals surface area contributed by atoms with Crippen LogP contribution in [0.2, 0.25) is 0 Å². The van der Waals surface area contributed by atoms with Gasteiger partial charge in [-0.1, -0.05) is 78.5 Å². The number of hydrogen-bond acceptors (Lipinski definition) is 2. The maximum Gasteiger partial charge on any atom is 0.284 e. The van der Waals surface area contributed by atoms with Crippen LogP contribution in [0.5, 0.6) is 0 Å². The molecular weight excluding hydrogens is 290 g/mol. The average molecular weight is 305 g/mol. The lowest BCUT2D eigenvalue weighted by molar-refractivity contribution is -0.113. The van der Waals surface area contributed by atoms with Crippen molar-refractivity contribution >= 4 is 28.8 Å². The van der Waals surface area contributed by atoms with E-state index in [1.54, 1.807) is 0 Å². The van der Waals surface area contributed by atoms with Crippen molar-refractivity contribution in [1.82, 2.24) is 0 Å². The third kappa shape index (κ3) is 3.43. The second-order valence-corrected chi connectivity index (χ2v) is 6.03. The molecule has 1 aliphatic rings. The fourth-order valence-electron chi connectivity index (χ4n) is 2.17. The molecule has 0 atom stereocenters. The molecule has 1 amide bonds. The molecule has 0 aliphatic carbocycles. The minimum absolute atomic E-state index is 0.162. The van der Waals surface area contributed by atoms with Crippen LogP contribution in [0.3, 0.4) is 0 Å². The van der Waals surface area contributed by atoms with Gasteiger partial charge in [-0.15, -0.1) is 0 Å². The monoisotopic (exact) mass is 305 g/mol. The molecule has 1 heterocycles. The van der Waals surface area contributed by atoms with Gasteiger partial charge in [-0.3, -0.25) is 4.79 Å². The predicted octanol–water partition coefficient (Wildman–Crippen LogP) is 4.69. The van der Waals surface area contributed by atoms with E-state index >= 15 is 0 Å². The molecule has 0 saturated heterocycles. The van der Waals surface area contributed by atoms with Gasteiger partial charge in [-0.25, -0.2) is 4.99 Å². The van der Waals surface area contributed by atoms with E-state index < -0.39 is 0 Å². The van der Waals surface area contributed by atoms with Crippen LogP contribution in [0.15, 0.2) is 82.2 Å². The molecule has 108 valence electrons. The molecule has 0 radical (unpaired) electrons. The lowest BCUT2D eigenvalue weighted by atomic mass is 10.1. The number of rotatable bonds is 3. The molecular formula is C19H15NOS. The zero-order chi connectivity index (χ0) is 15.4. The fraction of sp³-hybridized carbons (Fsp3) is 0.0526. The van der Waals surface area contributed by atoms with Gasteiger partial charge in [0.25, 0.3) is 5.91 Å². The molecule has 0 unspecified atom stereocenters. The Morgan fingerprint density at radius 1 is 1.00 bits per heavy atom. The van der Waals surface area contributed by atoms with E-state index in [1.807, 2.05) is 73.7 Å². The van der Waals surface area contributed by atoms with Gasteiger partial charge in [0.1, 0.15) is 5.04 Å². The summed E-state index contributed by atoms with van der Waals surface area (Å²) in [5.41, 5.74) is 3.14. The zero-order valence-electron chi connectivity index (χ0n) is 12.2. The second-order valence-electron chi connectivity index (χ2n) is 5.00. The van der Waals surface area contributed by atoms with Crippen molar-refractivity contribution in [2.75, 3.05) is 0 Å². The van der Waals surface area contributed by atoms with Crippen LogP contribution in [-0.4, -0.2) is 11.0 Å². The number of allylic oxidation sites excluding steroid dienone is 2. The summed E-state index contributed by atoms with van der Waals surface area (Å²) in [5, 5.41) is 0.768. The topological polar surface area (TPSA) is 29.4 Å². The van der Waals surface area contributed by atoms with Gasteiger partial charge < -0.3 is 0 Å². The van der Waals surface area contributed by atoms with Gasteiger partial charge >= 0.3 is 0 Å². The summed E-state index contributed by atoms with van der Waals surface area (Å²) in [5.74, 6) is -0.162. The average Bonchev–Trinajstić information content (AvgIpc) is 2.90. The molecule has 0 N–H and O–H groups in total. The SMILES string of the molecule is CC(/C=C1\SC(c2ccccc2)=NC1=O)=C\c1ccccc1. The van der Waals surface area contributed by atoms with Gasteiger partial charge in [0.2, 0.25) is 0 Å². The Hall–Kier alpha value is -2.39. The summed E-state index contributed by atoms with van der Waals surface area (Å²) in [4.78, 5) is 16.9. The fourth-order valence-corrected chi connectivity index (χ4v) is 3.14. The van der Waals surface area contributed by atoms with Gasteiger partial charge in [-0.05, 0) is 24.1 Å². The number of nitrogens with zero attached hydrogens (tertiary/aromatic N) is 1. The third-order valence-corrected chi connectivity index (χ3v) is 4.23. The molecule has 2 aromatic rings. The number of benzene rings is 2. The van der Waals surface area contributed by atoms with Crippen molar-refractivity contribution in [3.05, 3.63) is 88.3 Å². The first kappa shape index (κ1) is 14.5. The van der Waals surface area contributed by atoms with Crippen molar-refractivity contribution in [3.63, 3.8) is 0 Å². The Balaban J connectivity index is 1.80. The van der Waals surface area contributed by atoms with Crippen LogP contribution in [0.4, 0.5) is 0 Å². The van der Waals surface area contributed by atoms with Crippen molar-refractivity contribution in [3.8, 4) is 0 Å². The predicted molar refractivity (Wildman–Crippen MR) is 93.8 cm³/mol. The standard InChI is InChI=1S/C19H15NOS/c1-14(12-15-8-4-2-5-9-15)13-17-18(21)20-19(22-17)16-10-6-3-7-11-16/h2-13H,1H3/b14-12+,17-13-. The minimum Gasteiger partial charge on any atom is -0.266 e. The van der Waals surface area contributed by atoms with E-state index in [9.17, 15) is 4.79 Å². The minimum atomic E-state index is -0.162. The Bertz CT molecular complexity index is 774. The van der Waals surface area contributed by atoms with Crippen LogP contribution in [0.25, 0.3) is 6.08 Å². The Labute approximate surface area is 134 Å². The maximum absolute atomic E-state index is 12.0. The largest absolute Gasteiger partial charge is 0.284 e. The van der Waals surface area contributed by atoms with Crippen LogP contribution < -0.4 is 0 Å².